The normalized spacial score (nSPS) is 29.2. The van der Waals surface area contributed by atoms with Crippen LogP contribution in [0.3, 0.4) is 0 Å². The molecule has 2 heterocycles. The van der Waals surface area contributed by atoms with Crippen molar-refractivity contribution in [1.29, 1.82) is 0 Å². The number of hydrogen-bond donors (Lipinski definition) is 2. The third kappa shape index (κ3) is 3.41. The molecule has 3 aliphatic rings. The van der Waals surface area contributed by atoms with Gasteiger partial charge in [0.05, 0.1) is 0 Å². The van der Waals surface area contributed by atoms with E-state index >= 15 is 0 Å². The van der Waals surface area contributed by atoms with Crippen molar-refractivity contribution in [3.8, 4) is 0 Å². The first kappa shape index (κ1) is 15.3. The van der Waals surface area contributed by atoms with Gasteiger partial charge in [-0.2, -0.15) is 0 Å². The Hall–Kier alpha value is -0.650. The number of hydrogen-bond acceptors (Lipinski definition) is 4. The first-order valence-electron chi connectivity index (χ1n) is 8.58. The quantitative estimate of drug-likeness (QED) is 0.795. The highest BCUT2D eigenvalue weighted by Crippen LogP contribution is 2.39. The molecule has 1 saturated carbocycles. The average Bonchev–Trinajstić information content (AvgIpc) is 3.34. The summed E-state index contributed by atoms with van der Waals surface area (Å²) in [5, 5.41) is 9.47. The van der Waals surface area contributed by atoms with E-state index in [-0.39, 0.29) is 5.92 Å². The lowest BCUT2D eigenvalue weighted by atomic mass is 9.92. The van der Waals surface area contributed by atoms with E-state index in [1.807, 2.05) is 0 Å². The van der Waals surface area contributed by atoms with Crippen LogP contribution in [0.2, 0.25) is 0 Å². The number of carbonyl (C=O) groups is 1. The van der Waals surface area contributed by atoms with E-state index in [2.05, 4.69) is 9.80 Å². The van der Waals surface area contributed by atoms with Crippen molar-refractivity contribution in [1.82, 2.24) is 9.80 Å². The average molecular weight is 295 g/mol. The molecule has 0 spiro atoms. The number of likely N-dealkylation sites (tertiary alicyclic amines) is 2. The second-order valence-corrected chi connectivity index (χ2v) is 7.22. The van der Waals surface area contributed by atoms with Crippen LogP contribution in [-0.4, -0.2) is 65.2 Å². The number of nitrogens with zero attached hydrogens (tertiary/aromatic N) is 2. The summed E-state index contributed by atoms with van der Waals surface area (Å²) in [6, 6.07) is 0.708. The highest BCUT2D eigenvalue weighted by molar-refractivity contribution is 5.79. The van der Waals surface area contributed by atoms with Gasteiger partial charge in [-0.1, -0.05) is 6.42 Å². The van der Waals surface area contributed by atoms with Gasteiger partial charge in [0, 0.05) is 12.6 Å². The molecule has 0 aromatic rings. The maximum atomic E-state index is 11.5. The van der Waals surface area contributed by atoms with Crippen molar-refractivity contribution >= 4 is 5.97 Å². The van der Waals surface area contributed by atoms with Crippen LogP contribution >= 0.6 is 0 Å². The molecular formula is C16H29N3O2. The monoisotopic (exact) mass is 295 g/mol. The van der Waals surface area contributed by atoms with E-state index in [1.54, 1.807) is 0 Å². The Labute approximate surface area is 127 Å². The van der Waals surface area contributed by atoms with Crippen LogP contribution in [0.15, 0.2) is 0 Å². The number of aliphatic carboxylic acids is 1. The largest absolute Gasteiger partial charge is 0.480 e. The predicted octanol–water partition coefficient (Wildman–Crippen LogP) is 1.13. The number of nitrogens with two attached hydrogens (primary N) is 1. The smallest absolute Gasteiger partial charge is 0.325 e. The first-order chi connectivity index (χ1) is 10.1. The third-order valence-electron chi connectivity index (χ3n) is 5.65. The highest BCUT2D eigenvalue weighted by atomic mass is 16.4. The molecule has 1 aliphatic carbocycles. The molecule has 5 heteroatoms. The van der Waals surface area contributed by atoms with E-state index in [0.29, 0.717) is 12.6 Å². The van der Waals surface area contributed by atoms with E-state index in [9.17, 15) is 9.90 Å². The minimum atomic E-state index is -1.02. The second-order valence-electron chi connectivity index (χ2n) is 7.22. The van der Waals surface area contributed by atoms with Gasteiger partial charge in [-0.25, -0.2) is 0 Å². The van der Waals surface area contributed by atoms with E-state index in [0.717, 1.165) is 25.9 Å². The Morgan fingerprint density at radius 1 is 1.05 bits per heavy atom. The summed E-state index contributed by atoms with van der Waals surface area (Å²) in [4.78, 5) is 16.5. The SMILES string of the molecule is NC(CN1CCC(N2CCCCC2)CC1)(C(=O)O)C1CC1. The summed E-state index contributed by atoms with van der Waals surface area (Å²) in [5.74, 6) is -0.627. The zero-order valence-corrected chi connectivity index (χ0v) is 13.0. The summed E-state index contributed by atoms with van der Waals surface area (Å²) in [7, 11) is 0. The molecule has 1 unspecified atom stereocenters. The fourth-order valence-electron chi connectivity index (χ4n) is 4.07. The third-order valence-corrected chi connectivity index (χ3v) is 5.65. The Morgan fingerprint density at radius 2 is 1.67 bits per heavy atom. The van der Waals surface area contributed by atoms with Crippen molar-refractivity contribution in [2.45, 2.75) is 56.5 Å². The Morgan fingerprint density at radius 3 is 2.19 bits per heavy atom. The molecule has 3 fully saturated rings. The van der Waals surface area contributed by atoms with Crippen LogP contribution in [0.5, 0.6) is 0 Å². The van der Waals surface area contributed by atoms with Gasteiger partial charge in [0.1, 0.15) is 5.54 Å². The molecule has 0 bridgehead atoms. The minimum absolute atomic E-state index is 0.190. The lowest BCUT2D eigenvalue weighted by Crippen LogP contribution is -2.59. The zero-order chi connectivity index (χ0) is 14.9. The molecule has 2 aliphatic heterocycles. The highest BCUT2D eigenvalue weighted by Gasteiger charge is 2.49. The number of carboxylic acid groups (broad SMARTS) is 1. The van der Waals surface area contributed by atoms with Gasteiger partial charge in [0.15, 0.2) is 0 Å². The Balaban J connectivity index is 1.50. The lowest BCUT2D eigenvalue weighted by Gasteiger charge is -2.42. The van der Waals surface area contributed by atoms with Crippen molar-refractivity contribution < 1.29 is 9.90 Å². The van der Waals surface area contributed by atoms with Crippen molar-refractivity contribution in [2.75, 3.05) is 32.7 Å². The first-order valence-corrected chi connectivity index (χ1v) is 8.58. The summed E-state index contributed by atoms with van der Waals surface area (Å²) < 4.78 is 0. The van der Waals surface area contributed by atoms with Crippen LogP contribution < -0.4 is 5.73 Å². The topological polar surface area (TPSA) is 69.8 Å². The van der Waals surface area contributed by atoms with Gasteiger partial charge >= 0.3 is 5.97 Å². The maximum Gasteiger partial charge on any atom is 0.325 e. The van der Waals surface area contributed by atoms with Gasteiger partial charge in [0.25, 0.3) is 0 Å². The number of piperidine rings is 2. The molecule has 3 N–H and O–H groups in total. The van der Waals surface area contributed by atoms with Gasteiger partial charge in [-0.3, -0.25) is 4.79 Å². The summed E-state index contributed by atoms with van der Waals surface area (Å²) >= 11 is 0. The lowest BCUT2D eigenvalue weighted by molar-refractivity contribution is -0.145. The van der Waals surface area contributed by atoms with E-state index in [1.165, 1.54) is 45.2 Å². The second kappa shape index (κ2) is 6.23. The maximum absolute atomic E-state index is 11.5. The Kier molecular flexibility index (Phi) is 4.52. The minimum Gasteiger partial charge on any atom is -0.480 e. The van der Waals surface area contributed by atoms with Gasteiger partial charge in [-0.05, 0) is 70.6 Å². The number of carboxylic acids is 1. The molecule has 0 radical (unpaired) electrons. The van der Waals surface area contributed by atoms with E-state index in [4.69, 9.17) is 5.73 Å². The molecule has 3 rings (SSSR count). The number of rotatable bonds is 5. The van der Waals surface area contributed by atoms with Crippen molar-refractivity contribution in [2.24, 2.45) is 11.7 Å². The molecule has 0 aromatic heterocycles. The van der Waals surface area contributed by atoms with Crippen molar-refractivity contribution in [3.63, 3.8) is 0 Å². The van der Waals surface area contributed by atoms with Crippen LogP contribution in [-0.2, 0) is 4.79 Å². The molecule has 0 aromatic carbocycles. The molecule has 1 atom stereocenters. The molecule has 5 nitrogen and oxygen atoms in total. The summed E-state index contributed by atoms with van der Waals surface area (Å²) in [6.07, 6.45) is 8.35. The predicted molar refractivity (Wildman–Crippen MR) is 82.2 cm³/mol. The van der Waals surface area contributed by atoms with Crippen LogP contribution in [0, 0.1) is 5.92 Å². The summed E-state index contributed by atoms with van der Waals surface area (Å²) in [6.45, 7) is 5.03. The van der Waals surface area contributed by atoms with Crippen LogP contribution in [0.1, 0.15) is 44.9 Å². The fraction of sp³-hybridized carbons (Fsp3) is 0.938. The van der Waals surface area contributed by atoms with Crippen LogP contribution in [0.25, 0.3) is 0 Å². The van der Waals surface area contributed by atoms with Crippen molar-refractivity contribution in [3.05, 3.63) is 0 Å². The molecular weight excluding hydrogens is 266 g/mol. The van der Waals surface area contributed by atoms with Gasteiger partial charge in [-0.15, -0.1) is 0 Å². The van der Waals surface area contributed by atoms with Crippen LogP contribution in [0.4, 0.5) is 0 Å². The molecule has 0 amide bonds. The van der Waals surface area contributed by atoms with Gasteiger partial charge in [0.2, 0.25) is 0 Å². The molecule has 120 valence electrons. The fourth-order valence-corrected chi connectivity index (χ4v) is 4.07. The molecule has 21 heavy (non-hydrogen) atoms. The standard InChI is InChI=1S/C16H29N3O2/c17-16(15(20)21,13-4-5-13)12-18-10-6-14(7-11-18)19-8-2-1-3-9-19/h13-14H,1-12,17H2,(H,20,21). The molecule has 2 saturated heterocycles. The van der Waals surface area contributed by atoms with Gasteiger partial charge < -0.3 is 20.6 Å². The van der Waals surface area contributed by atoms with E-state index < -0.39 is 11.5 Å². The Bertz CT molecular complexity index is 372. The summed E-state index contributed by atoms with van der Waals surface area (Å²) in [5.41, 5.74) is 5.19. The zero-order valence-electron chi connectivity index (χ0n) is 13.0.